The number of aliphatic imine (C=N–C) groups is 2. The molecule has 2 rings (SSSR count). The molecule has 1 aliphatic rings. The highest BCUT2D eigenvalue weighted by Crippen LogP contribution is 2.39. The van der Waals surface area contributed by atoms with Crippen LogP contribution in [0.4, 0.5) is 21.6 Å². The molecule has 0 bridgehead atoms. The molecule has 8 heteroatoms. The fraction of sp³-hybridized carbons (Fsp3) is 0.556. The number of aromatic nitrogens is 1. The third-order valence-electron chi connectivity index (χ3n) is 4.16. The molecule has 0 saturated carbocycles. The van der Waals surface area contributed by atoms with E-state index >= 15 is 0 Å². The Morgan fingerprint density at radius 3 is 2.85 bits per heavy atom. The second kappa shape index (κ2) is 8.84. The van der Waals surface area contributed by atoms with Crippen LogP contribution >= 0.6 is 0 Å². The Morgan fingerprint density at radius 2 is 2.23 bits per heavy atom. The first-order chi connectivity index (χ1) is 12.3. The van der Waals surface area contributed by atoms with Gasteiger partial charge < -0.3 is 15.1 Å². The van der Waals surface area contributed by atoms with Crippen LogP contribution in [0.5, 0.6) is 0 Å². The number of halogens is 1. The second-order valence-corrected chi connectivity index (χ2v) is 6.92. The maximum absolute atomic E-state index is 14.1. The van der Waals surface area contributed by atoms with E-state index in [0.717, 1.165) is 19.2 Å². The first-order valence-corrected chi connectivity index (χ1v) is 8.68. The minimum Gasteiger partial charge on any atom is -0.352 e. The summed E-state index contributed by atoms with van der Waals surface area (Å²) in [4.78, 5) is 28.2. The van der Waals surface area contributed by atoms with Gasteiger partial charge in [0.25, 0.3) is 0 Å². The quantitative estimate of drug-likeness (QED) is 0.787. The highest BCUT2D eigenvalue weighted by atomic mass is 19.1. The van der Waals surface area contributed by atoms with Gasteiger partial charge in [0, 0.05) is 25.3 Å². The number of carbonyl (C=O) groups excluding carboxylic acids is 1. The number of piperidine rings is 1. The molecule has 142 valence electrons. The number of amides is 1. The van der Waals surface area contributed by atoms with Gasteiger partial charge in [-0.15, -0.1) is 0 Å². The van der Waals surface area contributed by atoms with Gasteiger partial charge in [0.1, 0.15) is 11.4 Å². The van der Waals surface area contributed by atoms with Crippen LogP contribution in [-0.4, -0.2) is 68.5 Å². The Labute approximate surface area is 154 Å². The molecule has 0 aliphatic carbocycles. The van der Waals surface area contributed by atoms with E-state index in [1.807, 2.05) is 23.9 Å². The van der Waals surface area contributed by atoms with Crippen molar-refractivity contribution in [1.82, 2.24) is 15.2 Å². The van der Waals surface area contributed by atoms with Crippen molar-refractivity contribution in [3.05, 3.63) is 12.0 Å². The molecular weight excluding hydrogens is 335 g/mol. The summed E-state index contributed by atoms with van der Waals surface area (Å²) in [5.41, 5.74) is 0.467. The number of anilines is 1. The summed E-state index contributed by atoms with van der Waals surface area (Å²) in [5, 5.41) is 3.07. The Morgan fingerprint density at radius 1 is 1.50 bits per heavy atom. The predicted molar refractivity (Wildman–Crippen MR) is 104 cm³/mol. The minimum absolute atomic E-state index is 0.00570. The monoisotopic (exact) mass is 362 g/mol. The van der Waals surface area contributed by atoms with Crippen molar-refractivity contribution < 1.29 is 9.18 Å². The van der Waals surface area contributed by atoms with Crippen molar-refractivity contribution in [1.29, 1.82) is 0 Å². The van der Waals surface area contributed by atoms with Crippen molar-refractivity contribution in [3.8, 4) is 0 Å². The number of hydrogen-bond acceptors (Lipinski definition) is 6. The van der Waals surface area contributed by atoms with Gasteiger partial charge >= 0.3 is 0 Å². The van der Waals surface area contributed by atoms with E-state index in [-0.39, 0.29) is 17.6 Å². The average molecular weight is 362 g/mol. The number of carbonyl (C=O) groups is 1. The van der Waals surface area contributed by atoms with Gasteiger partial charge in [-0.3, -0.25) is 14.8 Å². The average Bonchev–Trinajstić information content (AvgIpc) is 2.55. The van der Waals surface area contributed by atoms with Crippen LogP contribution in [-0.2, 0) is 4.79 Å². The molecule has 2 atom stereocenters. The largest absolute Gasteiger partial charge is 0.352 e. The van der Waals surface area contributed by atoms with E-state index in [4.69, 9.17) is 0 Å². The smallest absolute Gasteiger partial charge is 0.234 e. The van der Waals surface area contributed by atoms with Gasteiger partial charge in [0.05, 0.1) is 12.7 Å². The number of pyridine rings is 1. The number of hydrogen-bond donors (Lipinski definition) is 1. The summed E-state index contributed by atoms with van der Waals surface area (Å²) in [7, 11) is 3.71. The van der Waals surface area contributed by atoms with Crippen molar-refractivity contribution in [3.63, 3.8) is 0 Å². The minimum atomic E-state index is -0.532. The molecule has 1 aromatic heterocycles. The third-order valence-corrected chi connectivity index (χ3v) is 4.16. The molecule has 1 fully saturated rings. The molecule has 0 unspecified atom stereocenters. The van der Waals surface area contributed by atoms with Gasteiger partial charge in [-0.05, 0) is 40.1 Å². The Bertz CT molecular complexity index is 691. The molecule has 1 N–H and O–H groups in total. The molecule has 26 heavy (non-hydrogen) atoms. The lowest BCUT2D eigenvalue weighted by Gasteiger charge is -2.38. The van der Waals surface area contributed by atoms with Crippen LogP contribution in [0, 0.1) is 11.7 Å². The van der Waals surface area contributed by atoms with Crippen molar-refractivity contribution in [2.75, 3.05) is 38.6 Å². The van der Waals surface area contributed by atoms with Crippen molar-refractivity contribution >= 4 is 36.0 Å². The summed E-state index contributed by atoms with van der Waals surface area (Å²) in [6.07, 6.45) is 3.55. The van der Waals surface area contributed by atoms with E-state index in [1.54, 1.807) is 6.92 Å². The maximum Gasteiger partial charge on any atom is 0.234 e. The Kier molecular flexibility index (Phi) is 6.79. The van der Waals surface area contributed by atoms with Crippen molar-refractivity contribution in [2.24, 2.45) is 15.9 Å². The molecular formula is C18H27FN6O. The summed E-state index contributed by atoms with van der Waals surface area (Å²) in [6, 6.07) is -0.00570. The maximum atomic E-state index is 14.1. The van der Waals surface area contributed by atoms with Crippen LogP contribution in [0.25, 0.3) is 0 Å². The van der Waals surface area contributed by atoms with Gasteiger partial charge in [0.2, 0.25) is 5.91 Å². The molecule has 1 aliphatic heterocycles. The van der Waals surface area contributed by atoms with E-state index in [2.05, 4.69) is 33.9 Å². The number of nitrogens with one attached hydrogen (secondary N) is 1. The van der Waals surface area contributed by atoms with Crippen LogP contribution in [0.2, 0.25) is 0 Å². The number of likely N-dealkylation sites (N-methyl/N-ethyl adjacent to an activating group) is 1. The topological polar surface area (TPSA) is 73.2 Å². The van der Waals surface area contributed by atoms with Gasteiger partial charge in [-0.1, -0.05) is 6.92 Å². The summed E-state index contributed by atoms with van der Waals surface area (Å²) >= 11 is 0. The summed E-state index contributed by atoms with van der Waals surface area (Å²) in [6.45, 7) is 9.06. The highest BCUT2D eigenvalue weighted by Gasteiger charge is 2.29. The second-order valence-electron chi connectivity index (χ2n) is 6.92. The highest BCUT2D eigenvalue weighted by molar-refractivity contribution is 5.81. The van der Waals surface area contributed by atoms with Crippen molar-refractivity contribution in [2.45, 2.75) is 26.3 Å². The van der Waals surface area contributed by atoms with Crippen LogP contribution < -0.4 is 10.2 Å². The van der Waals surface area contributed by atoms with E-state index in [0.29, 0.717) is 30.5 Å². The van der Waals surface area contributed by atoms with E-state index in [1.165, 1.54) is 6.21 Å². The van der Waals surface area contributed by atoms with E-state index in [9.17, 15) is 9.18 Å². The Hall–Kier alpha value is -2.35. The molecule has 0 spiro atoms. The lowest BCUT2D eigenvalue weighted by molar-refractivity contribution is -0.122. The van der Waals surface area contributed by atoms with Crippen LogP contribution in [0.3, 0.4) is 0 Å². The molecule has 0 radical (unpaired) electrons. The molecule has 2 heterocycles. The zero-order valence-electron chi connectivity index (χ0n) is 15.9. The molecule has 1 saturated heterocycles. The fourth-order valence-corrected chi connectivity index (χ4v) is 3.28. The van der Waals surface area contributed by atoms with Gasteiger partial charge in [0.15, 0.2) is 11.6 Å². The molecule has 0 aromatic carbocycles. The van der Waals surface area contributed by atoms with Gasteiger partial charge in [-0.25, -0.2) is 9.37 Å². The molecule has 1 aromatic rings. The molecule has 7 nitrogen and oxygen atoms in total. The van der Waals surface area contributed by atoms with E-state index < -0.39 is 5.82 Å². The summed E-state index contributed by atoms with van der Waals surface area (Å²) < 4.78 is 14.1. The number of nitrogens with zero attached hydrogens (tertiary/aromatic N) is 5. The predicted octanol–water partition coefficient (Wildman–Crippen LogP) is 2.17. The van der Waals surface area contributed by atoms with Gasteiger partial charge in [-0.2, -0.15) is 0 Å². The third kappa shape index (κ3) is 4.85. The first kappa shape index (κ1) is 20.0. The lowest BCUT2D eigenvalue weighted by atomic mass is 9.95. The molecule has 1 amide bonds. The number of rotatable bonds is 6. The fourth-order valence-electron chi connectivity index (χ4n) is 3.28. The zero-order valence-corrected chi connectivity index (χ0v) is 15.9. The SMILES string of the molecule is C=Nc1c(N2C[C@@H](C)C[C@@H](NC(=O)CN(C)C)C2)ncc(F)c1N=CC. The van der Waals surface area contributed by atoms with Crippen LogP contribution in [0.1, 0.15) is 20.3 Å². The first-order valence-electron chi connectivity index (χ1n) is 8.68. The standard InChI is InChI=1S/C18H27FN6O/c1-6-21-16-14(19)8-22-18(17(16)20-3)25-9-12(2)7-13(10-25)23-15(26)11-24(4)5/h6,8,12-13H,3,7,9-11H2,1-2,4-5H3,(H,23,26)/t12-,13+/m0/s1. The Balaban J connectivity index is 2.26. The van der Waals surface area contributed by atoms with Crippen LogP contribution in [0.15, 0.2) is 16.2 Å². The zero-order chi connectivity index (χ0) is 19.3. The summed E-state index contributed by atoms with van der Waals surface area (Å²) in [5.74, 6) is 0.339. The lowest BCUT2D eigenvalue weighted by Crippen LogP contribution is -2.52. The normalized spacial score (nSPS) is 20.6.